The third kappa shape index (κ3) is 5.80. The van der Waals surface area contributed by atoms with E-state index in [9.17, 15) is 4.79 Å². The van der Waals surface area contributed by atoms with E-state index in [4.69, 9.17) is 9.84 Å². The molecule has 0 fully saturated rings. The van der Waals surface area contributed by atoms with E-state index < -0.39 is 5.97 Å². The predicted octanol–water partition coefficient (Wildman–Crippen LogP) is 2.75. The van der Waals surface area contributed by atoms with Gasteiger partial charge >= 0.3 is 5.97 Å². The van der Waals surface area contributed by atoms with E-state index in [1.54, 1.807) is 7.11 Å². The molecule has 0 spiro atoms. The summed E-state index contributed by atoms with van der Waals surface area (Å²) in [5, 5.41) is 11.8. The summed E-state index contributed by atoms with van der Waals surface area (Å²) in [6, 6.07) is 7.76. The summed E-state index contributed by atoms with van der Waals surface area (Å²) in [6.07, 6.45) is 2.94. The average molecular weight is 237 g/mol. The van der Waals surface area contributed by atoms with Crippen molar-refractivity contribution < 1.29 is 14.6 Å². The standard InChI is InChI=1S/C13H19NO3/c1-17-12-8-6-11(7-9-12)14-10-4-2-3-5-13(15)16/h6-9,14H,2-5,10H2,1H3,(H,15,16). The van der Waals surface area contributed by atoms with Crippen LogP contribution in [0.3, 0.4) is 0 Å². The molecule has 17 heavy (non-hydrogen) atoms. The summed E-state index contributed by atoms with van der Waals surface area (Å²) in [6.45, 7) is 0.867. The Bertz CT molecular complexity index is 335. The fraction of sp³-hybridized carbons (Fsp3) is 0.462. The largest absolute Gasteiger partial charge is 0.497 e. The van der Waals surface area contributed by atoms with Crippen LogP contribution < -0.4 is 10.1 Å². The topological polar surface area (TPSA) is 58.6 Å². The van der Waals surface area contributed by atoms with Gasteiger partial charge in [0.05, 0.1) is 7.11 Å². The number of rotatable bonds is 8. The molecule has 0 aliphatic heterocycles. The van der Waals surface area contributed by atoms with Gasteiger partial charge in [-0.3, -0.25) is 4.79 Å². The highest BCUT2D eigenvalue weighted by atomic mass is 16.5. The van der Waals surface area contributed by atoms with Crippen molar-refractivity contribution in [3.05, 3.63) is 24.3 Å². The van der Waals surface area contributed by atoms with Crippen LogP contribution in [0.5, 0.6) is 5.75 Å². The van der Waals surface area contributed by atoms with Gasteiger partial charge < -0.3 is 15.2 Å². The Morgan fingerprint density at radius 1 is 1.24 bits per heavy atom. The van der Waals surface area contributed by atoms with Crippen LogP contribution in [-0.2, 0) is 4.79 Å². The fourth-order valence-electron chi connectivity index (χ4n) is 1.52. The molecule has 0 heterocycles. The first-order valence-corrected chi connectivity index (χ1v) is 5.82. The van der Waals surface area contributed by atoms with Crippen molar-refractivity contribution in [3.63, 3.8) is 0 Å². The number of benzene rings is 1. The zero-order chi connectivity index (χ0) is 12.5. The van der Waals surface area contributed by atoms with Crippen LogP contribution in [0.1, 0.15) is 25.7 Å². The Labute approximate surface area is 102 Å². The predicted molar refractivity (Wildman–Crippen MR) is 67.6 cm³/mol. The average Bonchev–Trinajstić information content (AvgIpc) is 2.34. The number of carbonyl (C=O) groups is 1. The second-order valence-electron chi connectivity index (χ2n) is 3.86. The van der Waals surface area contributed by atoms with E-state index in [1.807, 2.05) is 24.3 Å². The summed E-state index contributed by atoms with van der Waals surface area (Å²) >= 11 is 0. The maximum absolute atomic E-state index is 10.3. The Kier molecular flexibility index (Phi) is 5.93. The lowest BCUT2D eigenvalue weighted by Gasteiger charge is -2.06. The zero-order valence-corrected chi connectivity index (χ0v) is 10.1. The van der Waals surface area contributed by atoms with Gasteiger partial charge in [-0.05, 0) is 37.1 Å². The van der Waals surface area contributed by atoms with Crippen LogP contribution in [0.25, 0.3) is 0 Å². The van der Waals surface area contributed by atoms with Crippen molar-refractivity contribution in [1.29, 1.82) is 0 Å². The molecule has 0 saturated heterocycles. The van der Waals surface area contributed by atoms with Gasteiger partial charge in [0.2, 0.25) is 0 Å². The molecule has 1 aromatic rings. The molecule has 2 N–H and O–H groups in total. The number of ether oxygens (including phenoxy) is 1. The minimum Gasteiger partial charge on any atom is -0.497 e. The fourth-order valence-corrected chi connectivity index (χ4v) is 1.52. The van der Waals surface area contributed by atoms with Gasteiger partial charge in [-0.1, -0.05) is 6.42 Å². The molecule has 0 bridgehead atoms. The van der Waals surface area contributed by atoms with E-state index in [0.29, 0.717) is 0 Å². The van der Waals surface area contributed by atoms with Gasteiger partial charge in [-0.25, -0.2) is 0 Å². The van der Waals surface area contributed by atoms with Crippen molar-refractivity contribution >= 4 is 11.7 Å². The summed E-state index contributed by atoms with van der Waals surface area (Å²) < 4.78 is 5.07. The minimum absolute atomic E-state index is 0.266. The molecular weight excluding hydrogens is 218 g/mol. The van der Waals surface area contributed by atoms with Gasteiger partial charge in [0.1, 0.15) is 5.75 Å². The Balaban J connectivity index is 2.11. The maximum Gasteiger partial charge on any atom is 0.303 e. The second kappa shape index (κ2) is 7.54. The van der Waals surface area contributed by atoms with Gasteiger partial charge in [0.25, 0.3) is 0 Å². The molecule has 0 amide bonds. The summed E-state index contributed by atoms with van der Waals surface area (Å²) in [5.74, 6) is 0.130. The quantitative estimate of drug-likeness (QED) is 0.682. The number of hydrogen-bond donors (Lipinski definition) is 2. The number of carboxylic acid groups (broad SMARTS) is 1. The van der Waals surface area contributed by atoms with Crippen LogP contribution in [0, 0.1) is 0 Å². The zero-order valence-electron chi connectivity index (χ0n) is 10.1. The van der Waals surface area contributed by atoms with E-state index in [0.717, 1.165) is 37.2 Å². The molecule has 0 radical (unpaired) electrons. The minimum atomic E-state index is -0.715. The number of carboxylic acids is 1. The molecule has 0 aliphatic rings. The summed E-state index contributed by atoms with van der Waals surface area (Å²) in [5.41, 5.74) is 1.06. The highest BCUT2D eigenvalue weighted by Gasteiger charge is 1.97. The molecule has 4 heteroatoms. The second-order valence-corrected chi connectivity index (χ2v) is 3.86. The molecule has 4 nitrogen and oxygen atoms in total. The number of hydrogen-bond acceptors (Lipinski definition) is 3. The van der Waals surface area contributed by atoms with Crippen molar-refractivity contribution in [2.24, 2.45) is 0 Å². The van der Waals surface area contributed by atoms with Gasteiger partial charge in [-0.15, -0.1) is 0 Å². The van der Waals surface area contributed by atoms with Crippen molar-refractivity contribution in [2.45, 2.75) is 25.7 Å². The lowest BCUT2D eigenvalue weighted by molar-refractivity contribution is -0.137. The molecule has 0 saturated carbocycles. The number of anilines is 1. The third-order valence-corrected chi connectivity index (χ3v) is 2.49. The molecule has 0 atom stereocenters. The first-order chi connectivity index (χ1) is 8.22. The summed E-state index contributed by atoms with van der Waals surface area (Å²) in [4.78, 5) is 10.3. The van der Waals surface area contributed by atoms with Crippen molar-refractivity contribution in [1.82, 2.24) is 0 Å². The molecule has 0 unspecified atom stereocenters. The van der Waals surface area contributed by atoms with Crippen LogP contribution in [0.2, 0.25) is 0 Å². The number of unbranched alkanes of at least 4 members (excludes halogenated alkanes) is 2. The highest BCUT2D eigenvalue weighted by Crippen LogP contribution is 2.15. The molecule has 94 valence electrons. The SMILES string of the molecule is COc1ccc(NCCCCCC(=O)O)cc1. The Morgan fingerprint density at radius 2 is 1.94 bits per heavy atom. The van der Waals surface area contributed by atoms with Gasteiger partial charge in [-0.2, -0.15) is 0 Å². The number of nitrogens with one attached hydrogen (secondary N) is 1. The van der Waals surface area contributed by atoms with Crippen LogP contribution in [-0.4, -0.2) is 24.7 Å². The third-order valence-electron chi connectivity index (χ3n) is 2.49. The molecule has 1 rings (SSSR count). The van der Waals surface area contributed by atoms with Crippen molar-refractivity contribution in [2.75, 3.05) is 19.0 Å². The molecule has 1 aromatic carbocycles. The van der Waals surface area contributed by atoms with Gasteiger partial charge in [0, 0.05) is 18.7 Å². The summed E-state index contributed by atoms with van der Waals surface area (Å²) in [7, 11) is 1.64. The van der Waals surface area contributed by atoms with E-state index in [-0.39, 0.29) is 6.42 Å². The molecule has 0 aromatic heterocycles. The Morgan fingerprint density at radius 3 is 2.53 bits per heavy atom. The van der Waals surface area contributed by atoms with Crippen LogP contribution in [0.15, 0.2) is 24.3 Å². The molecule has 0 aliphatic carbocycles. The smallest absolute Gasteiger partial charge is 0.303 e. The first kappa shape index (κ1) is 13.4. The van der Waals surface area contributed by atoms with E-state index in [1.165, 1.54) is 0 Å². The maximum atomic E-state index is 10.3. The lowest BCUT2D eigenvalue weighted by atomic mass is 10.2. The van der Waals surface area contributed by atoms with Gasteiger partial charge in [0.15, 0.2) is 0 Å². The van der Waals surface area contributed by atoms with E-state index >= 15 is 0 Å². The van der Waals surface area contributed by atoms with E-state index in [2.05, 4.69) is 5.32 Å². The first-order valence-electron chi connectivity index (χ1n) is 5.82. The molecular formula is C13H19NO3. The normalized spacial score (nSPS) is 9.94. The monoisotopic (exact) mass is 237 g/mol. The van der Waals surface area contributed by atoms with Crippen molar-refractivity contribution in [3.8, 4) is 5.75 Å². The lowest BCUT2D eigenvalue weighted by Crippen LogP contribution is -2.02. The van der Waals surface area contributed by atoms with Crippen LogP contribution in [0.4, 0.5) is 5.69 Å². The number of methoxy groups -OCH3 is 1. The van der Waals surface area contributed by atoms with Crippen LogP contribution >= 0.6 is 0 Å². The highest BCUT2D eigenvalue weighted by molar-refractivity contribution is 5.66. The number of aliphatic carboxylic acids is 1. The Hall–Kier alpha value is -1.71.